The summed E-state index contributed by atoms with van der Waals surface area (Å²) in [5.41, 5.74) is 1.43. The van der Waals surface area contributed by atoms with Gasteiger partial charge in [-0.05, 0) is 35.9 Å². The Morgan fingerprint density at radius 3 is 2.62 bits per heavy atom. The number of hydrogen-bond donors (Lipinski definition) is 2. The van der Waals surface area contributed by atoms with Crippen LogP contribution in [0.25, 0.3) is 6.08 Å². The summed E-state index contributed by atoms with van der Waals surface area (Å²) in [5, 5.41) is 28.2. The molecule has 144 valence electrons. The molecule has 0 aliphatic carbocycles. The first-order valence-electron chi connectivity index (χ1n) is 8.87. The number of hydrogen-bond acceptors (Lipinski definition) is 7. The number of nitrogens with zero attached hydrogens (tertiary/aromatic N) is 2. The first-order chi connectivity index (χ1) is 14.1. The number of phenols is 1. The van der Waals surface area contributed by atoms with Gasteiger partial charge in [-0.15, -0.1) is 0 Å². The van der Waals surface area contributed by atoms with Crippen LogP contribution >= 0.6 is 0 Å². The highest BCUT2D eigenvalue weighted by molar-refractivity contribution is 6.15. The van der Waals surface area contributed by atoms with Crippen LogP contribution < -0.4 is 19.1 Å². The summed E-state index contributed by atoms with van der Waals surface area (Å²) in [7, 11) is 0. The van der Waals surface area contributed by atoms with Crippen LogP contribution in [0.5, 0.6) is 23.0 Å². The van der Waals surface area contributed by atoms with Crippen molar-refractivity contribution < 1.29 is 29.0 Å². The lowest BCUT2D eigenvalue weighted by molar-refractivity contribution is -0.899. The number of ether oxygens (including phenoxy) is 3. The van der Waals surface area contributed by atoms with Gasteiger partial charge in [-0.2, -0.15) is 10.5 Å². The van der Waals surface area contributed by atoms with Gasteiger partial charge < -0.3 is 24.2 Å². The van der Waals surface area contributed by atoms with Crippen molar-refractivity contribution in [2.45, 2.75) is 6.54 Å². The Bertz CT molecular complexity index is 1090. The first-order valence-corrected chi connectivity index (χ1v) is 8.87. The zero-order chi connectivity index (χ0) is 20.4. The number of nitrogens with one attached hydrogen (secondary N) is 1. The second-order valence-electron chi connectivity index (χ2n) is 6.59. The molecule has 0 amide bonds. The number of fused-ring (bicyclic) bond motifs is 2. The SMILES string of the molecule is N#CC[NH+](CC#N)Cc1c(O)ccc2c1O/C(=C/c1ccc3c(c1)OCO3)C2=O. The Kier molecular flexibility index (Phi) is 4.78. The van der Waals surface area contributed by atoms with Crippen molar-refractivity contribution in [1.82, 2.24) is 0 Å². The maximum Gasteiger partial charge on any atom is 0.231 e. The first kappa shape index (κ1) is 18.4. The molecule has 0 saturated heterocycles. The lowest BCUT2D eigenvalue weighted by atomic mass is 10.0. The molecule has 4 rings (SSSR count). The molecule has 0 atom stereocenters. The molecule has 8 nitrogen and oxygen atoms in total. The monoisotopic (exact) mass is 390 g/mol. The van der Waals surface area contributed by atoms with Gasteiger partial charge in [0.1, 0.15) is 24.4 Å². The van der Waals surface area contributed by atoms with Gasteiger partial charge in [0.05, 0.1) is 11.1 Å². The Labute approximate surface area is 166 Å². The average molecular weight is 390 g/mol. The van der Waals surface area contributed by atoms with Crippen LogP contribution in [0.1, 0.15) is 21.5 Å². The van der Waals surface area contributed by atoms with Gasteiger partial charge in [-0.3, -0.25) is 4.79 Å². The lowest BCUT2D eigenvalue weighted by Crippen LogP contribution is -3.10. The van der Waals surface area contributed by atoms with Crippen LogP contribution in [0.2, 0.25) is 0 Å². The molecule has 0 bridgehead atoms. The van der Waals surface area contributed by atoms with E-state index in [2.05, 4.69) is 0 Å². The van der Waals surface area contributed by atoms with E-state index < -0.39 is 0 Å². The predicted octanol–water partition coefficient (Wildman–Crippen LogP) is 1.17. The molecule has 0 saturated carbocycles. The maximum atomic E-state index is 12.8. The van der Waals surface area contributed by atoms with Crippen LogP contribution in [0.3, 0.4) is 0 Å². The fraction of sp³-hybridized carbons (Fsp3) is 0.190. The minimum atomic E-state index is -0.305. The number of ketones is 1. The number of carbonyl (C=O) groups is 1. The fourth-order valence-electron chi connectivity index (χ4n) is 3.28. The van der Waals surface area contributed by atoms with E-state index in [0.717, 1.165) is 0 Å². The third kappa shape index (κ3) is 3.45. The summed E-state index contributed by atoms with van der Waals surface area (Å²) in [6, 6.07) is 12.3. The minimum absolute atomic E-state index is 0.0470. The van der Waals surface area contributed by atoms with Gasteiger partial charge in [0.25, 0.3) is 0 Å². The second-order valence-corrected chi connectivity index (χ2v) is 6.59. The zero-order valence-electron chi connectivity index (χ0n) is 15.3. The van der Waals surface area contributed by atoms with Crippen LogP contribution in [-0.4, -0.2) is 30.8 Å². The van der Waals surface area contributed by atoms with Crippen LogP contribution in [0, 0.1) is 22.7 Å². The second kappa shape index (κ2) is 7.55. The van der Waals surface area contributed by atoms with E-state index in [4.69, 9.17) is 24.7 Å². The molecule has 29 heavy (non-hydrogen) atoms. The topological polar surface area (TPSA) is 117 Å². The standard InChI is InChI=1S/C21H15N3O5/c22-5-7-24(8-6-23)11-15-16(25)3-2-14-20(26)19(29-21(14)15)10-13-1-4-17-18(9-13)28-12-27-17/h1-4,9-10,25H,7-8,11-12H2/p+1/b19-10+. The Balaban J connectivity index is 1.66. The number of quaternary nitrogens is 1. The number of benzene rings is 2. The van der Waals surface area contributed by atoms with E-state index in [0.29, 0.717) is 33.1 Å². The Morgan fingerprint density at radius 2 is 1.86 bits per heavy atom. The van der Waals surface area contributed by atoms with Crippen molar-refractivity contribution in [3.63, 3.8) is 0 Å². The largest absolute Gasteiger partial charge is 0.507 e. The van der Waals surface area contributed by atoms with Gasteiger partial charge in [0, 0.05) is 0 Å². The maximum absolute atomic E-state index is 12.8. The van der Waals surface area contributed by atoms with Crippen molar-refractivity contribution in [3.05, 3.63) is 52.8 Å². The van der Waals surface area contributed by atoms with E-state index >= 15 is 0 Å². The van der Waals surface area contributed by atoms with Crippen LogP contribution in [0.4, 0.5) is 0 Å². The summed E-state index contributed by atoms with van der Waals surface area (Å²) in [5.74, 6) is 1.26. The van der Waals surface area contributed by atoms with Gasteiger partial charge >= 0.3 is 0 Å². The molecule has 0 fully saturated rings. The summed E-state index contributed by atoms with van der Waals surface area (Å²) < 4.78 is 16.4. The normalized spacial score (nSPS) is 15.1. The van der Waals surface area contributed by atoms with Gasteiger partial charge in [0.15, 0.2) is 36.1 Å². The lowest BCUT2D eigenvalue weighted by Gasteiger charge is -2.15. The molecule has 0 spiro atoms. The number of allylic oxidation sites excluding steroid dienone is 1. The fourth-order valence-corrected chi connectivity index (χ4v) is 3.28. The smallest absolute Gasteiger partial charge is 0.231 e. The minimum Gasteiger partial charge on any atom is -0.507 e. The number of carbonyl (C=O) groups excluding carboxylic acids is 1. The van der Waals surface area contributed by atoms with Crippen molar-refractivity contribution in [2.24, 2.45) is 0 Å². The number of phenolic OH excluding ortho intramolecular Hbond substituents is 1. The number of Topliss-reactive ketones (excluding diaryl/α,β-unsaturated/α-hetero) is 1. The molecule has 8 heteroatoms. The molecule has 0 aromatic heterocycles. The van der Waals surface area contributed by atoms with E-state index in [-0.39, 0.29) is 49.5 Å². The van der Waals surface area contributed by atoms with Gasteiger partial charge in [0.2, 0.25) is 12.6 Å². The Hall–Kier alpha value is -4.01. The molecule has 2 N–H and O–H groups in total. The van der Waals surface area contributed by atoms with Gasteiger partial charge in [-0.1, -0.05) is 6.07 Å². The molecule has 0 radical (unpaired) electrons. The molecular formula is C21H16N3O5+. The van der Waals surface area contributed by atoms with Crippen LogP contribution in [0.15, 0.2) is 36.1 Å². The van der Waals surface area contributed by atoms with Crippen molar-refractivity contribution in [1.29, 1.82) is 10.5 Å². The highest BCUT2D eigenvalue weighted by Crippen LogP contribution is 2.40. The highest BCUT2D eigenvalue weighted by Gasteiger charge is 2.32. The van der Waals surface area contributed by atoms with E-state index in [1.165, 1.54) is 12.1 Å². The number of nitriles is 2. The number of aromatic hydroxyl groups is 1. The molecule has 2 heterocycles. The summed E-state index contributed by atoms with van der Waals surface area (Å²) in [6.45, 7) is 0.513. The van der Waals surface area contributed by atoms with Crippen molar-refractivity contribution >= 4 is 11.9 Å². The van der Waals surface area contributed by atoms with E-state index in [9.17, 15) is 9.90 Å². The highest BCUT2D eigenvalue weighted by atomic mass is 16.7. The quantitative estimate of drug-likeness (QED) is 0.581. The Morgan fingerprint density at radius 1 is 1.10 bits per heavy atom. The molecular weight excluding hydrogens is 374 g/mol. The molecule has 2 aliphatic rings. The zero-order valence-corrected chi connectivity index (χ0v) is 15.3. The van der Waals surface area contributed by atoms with Gasteiger partial charge in [-0.25, -0.2) is 0 Å². The van der Waals surface area contributed by atoms with E-state index in [1.54, 1.807) is 24.3 Å². The number of rotatable bonds is 5. The van der Waals surface area contributed by atoms with Crippen molar-refractivity contribution in [2.75, 3.05) is 19.9 Å². The third-order valence-electron chi connectivity index (χ3n) is 4.70. The molecule has 0 unspecified atom stereocenters. The summed E-state index contributed by atoms with van der Waals surface area (Å²) in [6.07, 6.45) is 1.60. The third-order valence-corrected chi connectivity index (χ3v) is 4.70. The summed E-state index contributed by atoms with van der Waals surface area (Å²) >= 11 is 0. The average Bonchev–Trinajstić information content (AvgIpc) is 3.29. The predicted molar refractivity (Wildman–Crippen MR) is 99.2 cm³/mol. The summed E-state index contributed by atoms with van der Waals surface area (Å²) in [4.78, 5) is 13.4. The molecule has 2 aromatic rings. The molecule has 2 aliphatic heterocycles. The van der Waals surface area contributed by atoms with E-state index in [1.807, 2.05) is 12.1 Å². The molecule has 2 aromatic carbocycles. The van der Waals surface area contributed by atoms with Crippen molar-refractivity contribution in [3.8, 4) is 35.1 Å². The van der Waals surface area contributed by atoms with Crippen LogP contribution in [-0.2, 0) is 6.54 Å².